The second-order valence-electron chi connectivity index (χ2n) is 4.08. The molecule has 1 aromatic rings. The first-order chi connectivity index (χ1) is 9.86. The van der Waals surface area contributed by atoms with E-state index in [-0.39, 0.29) is 30.6 Å². The highest BCUT2D eigenvalue weighted by atomic mass is 19.1. The van der Waals surface area contributed by atoms with Crippen molar-refractivity contribution in [2.45, 2.75) is 12.8 Å². The van der Waals surface area contributed by atoms with Crippen LogP contribution in [0.4, 0.5) is 15.8 Å². The van der Waals surface area contributed by atoms with Crippen LogP contribution in [0.1, 0.15) is 23.2 Å². The predicted octanol–water partition coefficient (Wildman–Crippen LogP) is 0.0148. The van der Waals surface area contributed by atoms with Gasteiger partial charge in [-0.2, -0.15) is 0 Å². The maximum Gasteiger partial charge on any atom is 0.285 e. The van der Waals surface area contributed by atoms with E-state index in [4.69, 9.17) is 11.6 Å². The third-order valence-electron chi connectivity index (χ3n) is 2.57. The summed E-state index contributed by atoms with van der Waals surface area (Å²) in [5.41, 5.74) is 5.67. The summed E-state index contributed by atoms with van der Waals surface area (Å²) in [7, 11) is 0. The average molecular weight is 299 g/mol. The number of nitro groups is 1. The molecular weight excluding hydrogens is 285 g/mol. The van der Waals surface area contributed by atoms with E-state index in [1.54, 1.807) is 0 Å². The van der Waals surface area contributed by atoms with Gasteiger partial charge in [-0.1, -0.05) is 0 Å². The Morgan fingerprint density at radius 2 is 2.05 bits per heavy atom. The smallest absolute Gasteiger partial charge is 0.285 e. The van der Waals surface area contributed by atoms with Crippen molar-refractivity contribution < 1.29 is 18.9 Å². The van der Waals surface area contributed by atoms with E-state index in [0.717, 1.165) is 6.07 Å². The van der Waals surface area contributed by atoms with Crippen molar-refractivity contribution >= 4 is 23.2 Å². The minimum Gasteiger partial charge on any atom is -0.370 e. The lowest BCUT2D eigenvalue weighted by molar-refractivity contribution is -0.385. The van der Waals surface area contributed by atoms with Crippen molar-refractivity contribution in [3.63, 3.8) is 0 Å². The van der Waals surface area contributed by atoms with Gasteiger partial charge in [0.1, 0.15) is 5.56 Å². The minimum absolute atomic E-state index is 0.0708. The molecule has 0 saturated heterocycles. The van der Waals surface area contributed by atoms with E-state index in [9.17, 15) is 24.1 Å². The quantitative estimate of drug-likeness (QED) is 0.241. The second kappa shape index (κ2) is 7.14. The van der Waals surface area contributed by atoms with Gasteiger partial charge >= 0.3 is 0 Å². The molecule has 10 heteroatoms. The SMILES string of the molecule is NNc1cc(C(=O)NCCCC(N)=O)c([N+](=O)[O-])cc1F. The Morgan fingerprint density at radius 3 is 2.57 bits per heavy atom. The first-order valence-corrected chi connectivity index (χ1v) is 5.88. The predicted molar refractivity (Wildman–Crippen MR) is 71.6 cm³/mol. The fraction of sp³-hybridized carbons (Fsp3) is 0.273. The average Bonchev–Trinajstić information content (AvgIpc) is 2.42. The molecule has 6 N–H and O–H groups in total. The van der Waals surface area contributed by atoms with Crippen LogP contribution in [-0.2, 0) is 4.79 Å². The van der Waals surface area contributed by atoms with Gasteiger partial charge in [-0.25, -0.2) is 4.39 Å². The van der Waals surface area contributed by atoms with E-state index in [1.807, 2.05) is 5.43 Å². The molecule has 1 rings (SSSR count). The zero-order valence-electron chi connectivity index (χ0n) is 10.9. The molecule has 0 heterocycles. The molecule has 0 spiro atoms. The summed E-state index contributed by atoms with van der Waals surface area (Å²) < 4.78 is 13.4. The highest BCUT2D eigenvalue weighted by Crippen LogP contribution is 2.25. The number of carbonyl (C=O) groups is 2. The molecule has 0 aliphatic rings. The molecule has 0 saturated carbocycles. The van der Waals surface area contributed by atoms with Gasteiger partial charge in [0.05, 0.1) is 16.7 Å². The van der Waals surface area contributed by atoms with Gasteiger partial charge in [0, 0.05) is 13.0 Å². The number of hydrazine groups is 1. The van der Waals surface area contributed by atoms with Crippen LogP contribution < -0.4 is 22.3 Å². The number of nitrogen functional groups attached to an aromatic ring is 1. The summed E-state index contributed by atoms with van der Waals surface area (Å²) in [5, 5.41) is 13.2. The van der Waals surface area contributed by atoms with Crippen LogP contribution in [0.2, 0.25) is 0 Å². The molecule has 114 valence electrons. The number of hydrogen-bond donors (Lipinski definition) is 4. The fourth-order valence-corrected chi connectivity index (χ4v) is 1.57. The normalized spacial score (nSPS) is 10.0. The number of benzene rings is 1. The lowest BCUT2D eigenvalue weighted by atomic mass is 10.1. The largest absolute Gasteiger partial charge is 0.370 e. The molecule has 9 nitrogen and oxygen atoms in total. The summed E-state index contributed by atoms with van der Waals surface area (Å²) >= 11 is 0. The monoisotopic (exact) mass is 299 g/mol. The third kappa shape index (κ3) is 4.38. The maximum atomic E-state index is 13.4. The Labute approximate surface area is 118 Å². The van der Waals surface area contributed by atoms with E-state index < -0.39 is 28.2 Å². The first kappa shape index (κ1) is 16.3. The topological polar surface area (TPSA) is 153 Å². The van der Waals surface area contributed by atoms with Crippen molar-refractivity contribution in [1.82, 2.24) is 5.32 Å². The molecule has 0 atom stereocenters. The number of carbonyl (C=O) groups excluding carboxylic acids is 2. The molecule has 0 bridgehead atoms. The lowest BCUT2D eigenvalue weighted by Gasteiger charge is -2.08. The van der Waals surface area contributed by atoms with Crippen LogP contribution in [0.25, 0.3) is 0 Å². The zero-order valence-corrected chi connectivity index (χ0v) is 10.9. The lowest BCUT2D eigenvalue weighted by Crippen LogP contribution is -2.26. The number of amides is 2. The molecule has 0 aliphatic heterocycles. The van der Waals surface area contributed by atoms with Crippen molar-refractivity contribution in [1.29, 1.82) is 0 Å². The second-order valence-corrected chi connectivity index (χ2v) is 4.08. The molecule has 0 aliphatic carbocycles. The van der Waals surface area contributed by atoms with Gasteiger partial charge < -0.3 is 16.5 Å². The summed E-state index contributed by atoms with van der Waals surface area (Å²) in [6.45, 7) is 0.0989. The number of nitrogens with zero attached hydrogens (tertiary/aromatic N) is 1. The van der Waals surface area contributed by atoms with E-state index in [1.165, 1.54) is 0 Å². The number of anilines is 1. The Bertz CT molecular complexity index is 578. The fourth-order valence-electron chi connectivity index (χ4n) is 1.57. The van der Waals surface area contributed by atoms with Crippen molar-refractivity contribution in [3.8, 4) is 0 Å². The van der Waals surface area contributed by atoms with Crippen LogP contribution in [0.5, 0.6) is 0 Å². The van der Waals surface area contributed by atoms with Gasteiger partial charge in [0.2, 0.25) is 5.91 Å². The number of primary amides is 1. The number of nitrogens with one attached hydrogen (secondary N) is 2. The minimum atomic E-state index is -0.950. The number of halogens is 1. The van der Waals surface area contributed by atoms with Crippen LogP contribution in [0, 0.1) is 15.9 Å². The molecular formula is C11H14FN5O4. The molecule has 21 heavy (non-hydrogen) atoms. The van der Waals surface area contributed by atoms with Crippen molar-refractivity contribution in [2.75, 3.05) is 12.0 Å². The Hall–Kier alpha value is -2.75. The van der Waals surface area contributed by atoms with Crippen LogP contribution in [-0.4, -0.2) is 23.3 Å². The van der Waals surface area contributed by atoms with Crippen LogP contribution in [0.3, 0.4) is 0 Å². The van der Waals surface area contributed by atoms with E-state index in [0.29, 0.717) is 6.07 Å². The number of rotatable bonds is 7. The standard InChI is InChI=1S/C11H14FN5O4/c12-7-5-9(17(20)21)6(4-8(7)16-14)11(19)15-3-1-2-10(13)18/h4-5,16H,1-3,14H2,(H2,13,18)(H,15,19). The van der Waals surface area contributed by atoms with E-state index >= 15 is 0 Å². The van der Waals surface area contributed by atoms with Gasteiger partial charge in [-0.3, -0.25) is 25.5 Å². The summed E-state index contributed by atoms with van der Waals surface area (Å²) in [6.07, 6.45) is 0.361. The molecule has 0 radical (unpaired) electrons. The Morgan fingerprint density at radius 1 is 1.38 bits per heavy atom. The molecule has 2 amide bonds. The molecule has 0 aromatic heterocycles. The summed E-state index contributed by atoms with van der Waals surface area (Å²) in [4.78, 5) is 32.4. The Kier molecular flexibility index (Phi) is 5.55. The van der Waals surface area contributed by atoms with Crippen molar-refractivity contribution in [3.05, 3.63) is 33.6 Å². The number of hydrogen-bond acceptors (Lipinski definition) is 6. The Balaban J connectivity index is 2.91. The van der Waals surface area contributed by atoms with Crippen LogP contribution >= 0.6 is 0 Å². The molecule has 0 fully saturated rings. The van der Waals surface area contributed by atoms with Gasteiger partial charge in [0.25, 0.3) is 11.6 Å². The summed E-state index contributed by atoms with van der Waals surface area (Å²) in [5.74, 6) is 2.81. The first-order valence-electron chi connectivity index (χ1n) is 5.88. The van der Waals surface area contributed by atoms with Crippen LogP contribution in [0.15, 0.2) is 12.1 Å². The number of nitro benzene ring substituents is 1. The number of nitrogens with two attached hydrogens (primary N) is 2. The van der Waals surface area contributed by atoms with Gasteiger partial charge in [-0.15, -0.1) is 0 Å². The zero-order chi connectivity index (χ0) is 16.0. The van der Waals surface area contributed by atoms with Crippen molar-refractivity contribution in [2.24, 2.45) is 11.6 Å². The highest BCUT2D eigenvalue weighted by molar-refractivity contribution is 5.99. The highest BCUT2D eigenvalue weighted by Gasteiger charge is 2.23. The molecule has 0 unspecified atom stereocenters. The van der Waals surface area contributed by atoms with E-state index in [2.05, 4.69) is 5.32 Å². The summed E-state index contributed by atoms with van der Waals surface area (Å²) in [6, 6.07) is 1.55. The van der Waals surface area contributed by atoms with Gasteiger partial charge in [0.15, 0.2) is 5.82 Å². The third-order valence-corrected chi connectivity index (χ3v) is 2.57. The van der Waals surface area contributed by atoms with Gasteiger partial charge in [-0.05, 0) is 12.5 Å². The molecule has 1 aromatic carbocycles. The maximum absolute atomic E-state index is 13.4.